The summed E-state index contributed by atoms with van der Waals surface area (Å²) in [5, 5.41) is 7.11. The van der Waals surface area contributed by atoms with Gasteiger partial charge in [-0.25, -0.2) is 0 Å². The molecule has 0 spiro atoms. The van der Waals surface area contributed by atoms with Crippen LogP contribution in [0.4, 0.5) is 0 Å². The summed E-state index contributed by atoms with van der Waals surface area (Å²) in [5.41, 5.74) is 2.02. The molecule has 0 aliphatic heterocycles. The van der Waals surface area contributed by atoms with E-state index in [2.05, 4.69) is 27.4 Å². The van der Waals surface area contributed by atoms with Crippen LogP contribution in [-0.2, 0) is 11.2 Å². The van der Waals surface area contributed by atoms with Gasteiger partial charge < -0.3 is 9.84 Å². The Bertz CT molecular complexity index is 677. The number of rotatable bonds is 5. The van der Waals surface area contributed by atoms with Crippen LogP contribution in [0.15, 0.2) is 23.0 Å². The van der Waals surface area contributed by atoms with Gasteiger partial charge in [-0.15, -0.1) is 0 Å². The molecule has 0 bridgehead atoms. The Hall–Kier alpha value is -2.24. The van der Waals surface area contributed by atoms with E-state index in [1.165, 1.54) is 19.8 Å². The van der Waals surface area contributed by atoms with E-state index in [4.69, 9.17) is 4.52 Å². The summed E-state index contributed by atoms with van der Waals surface area (Å²) in [6.45, 7) is 3.59. The average Bonchev–Trinajstić information content (AvgIpc) is 3.24. The van der Waals surface area contributed by atoms with Crippen molar-refractivity contribution in [2.75, 3.05) is 0 Å². The number of aromatic nitrogens is 3. The van der Waals surface area contributed by atoms with E-state index in [0.717, 1.165) is 30.4 Å². The SMILES string of the molecule is CCc1cnccc1-c1noc(C(NC(C)=O)C2CCCC2)n1. The second kappa shape index (κ2) is 6.89. The predicted octanol–water partition coefficient (Wildman–Crippen LogP) is 3.06. The monoisotopic (exact) mass is 314 g/mol. The minimum Gasteiger partial charge on any atom is -0.344 e. The van der Waals surface area contributed by atoms with Gasteiger partial charge in [-0.3, -0.25) is 9.78 Å². The normalized spacial score (nSPS) is 16.4. The molecule has 1 unspecified atom stereocenters. The van der Waals surface area contributed by atoms with E-state index in [9.17, 15) is 4.79 Å². The van der Waals surface area contributed by atoms with Crippen LogP contribution < -0.4 is 5.32 Å². The maximum Gasteiger partial charge on any atom is 0.249 e. The average molecular weight is 314 g/mol. The molecule has 1 amide bonds. The molecule has 3 rings (SSSR count). The Morgan fingerprint density at radius 3 is 2.91 bits per heavy atom. The van der Waals surface area contributed by atoms with Gasteiger partial charge >= 0.3 is 0 Å². The predicted molar refractivity (Wildman–Crippen MR) is 85.4 cm³/mol. The molecule has 6 nitrogen and oxygen atoms in total. The van der Waals surface area contributed by atoms with Gasteiger partial charge in [-0.1, -0.05) is 24.9 Å². The van der Waals surface area contributed by atoms with Crippen LogP contribution in [-0.4, -0.2) is 21.0 Å². The van der Waals surface area contributed by atoms with Crippen LogP contribution in [0.1, 0.15) is 57.0 Å². The maximum absolute atomic E-state index is 11.6. The highest BCUT2D eigenvalue weighted by Gasteiger charge is 2.31. The van der Waals surface area contributed by atoms with Gasteiger partial charge in [0.25, 0.3) is 0 Å². The van der Waals surface area contributed by atoms with Crippen molar-refractivity contribution in [2.45, 2.75) is 52.0 Å². The summed E-state index contributed by atoms with van der Waals surface area (Å²) in [5.74, 6) is 1.36. The lowest BCUT2D eigenvalue weighted by atomic mass is 9.98. The molecule has 23 heavy (non-hydrogen) atoms. The van der Waals surface area contributed by atoms with Gasteiger partial charge in [0, 0.05) is 24.9 Å². The lowest BCUT2D eigenvalue weighted by Crippen LogP contribution is -2.31. The lowest BCUT2D eigenvalue weighted by Gasteiger charge is -2.20. The molecule has 0 aromatic carbocycles. The molecule has 0 saturated heterocycles. The molecular weight excluding hydrogens is 292 g/mol. The topological polar surface area (TPSA) is 80.9 Å². The zero-order valence-electron chi connectivity index (χ0n) is 13.6. The quantitative estimate of drug-likeness (QED) is 0.917. The minimum atomic E-state index is -0.192. The Kier molecular flexibility index (Phi) is 4.69. The summed E-state index contributed by atoms with van der Waals surface area (Å²) >= 11 is 0. The summed E-state index contributed by atoms with van der Waals surface area (Å²) in [7, 11) is 0. The van der Waals surface area contributed by atoms with Crippen molar-refractivity contribution in [1.29, 1.82) is 0 Å². The van der Waals surface area contributed by atoms with Crippen LogP contribution in [0.3, 0.4) is 0 Å². The van der Waals surface area contributed by atoms with Crippen LogP contribution in [0.25, 0.3) is 11.4 Å². The van der Waals surface area contributed by atoms with Gasteiger partial charge in [0.2, 0.25) is 17.6 Å². The molecule has 1 fully saturated rings. The zero-order chi connectivity index (χ0) is 16.2. The first-order chi connectivity index (χ1) is 11.2. The molecule has 6 heteroatoms. The molecule has 2 heterocycles. The number of aryl methyl sites for hydroxylation is 1. The standard InChI is InChI=1S/C17H22N4O2/c1-3-12-10-18-9-8-14(12)16-20-17(23-21-16)15(19-11(2)22)13-6-4-5-7-13/h8-10,13,15H,3-7H2,1-2H3,(H,19,22). The lowest BCUT2D eigenvalue weighted by molar-refractivity contribution is -0.120. The highest BCUT2D eigenvalue weighted by molar-refractivity contribution is 5.73. The van der Waals surface area contributed by atoms with Crippen molar-refractivity contribution in [3.8, 4) is 11.4 Å². The smallest absolute Gasteiger partial charge is 0.249 e. The van der Waals surface area contributed by atoms with Gasteiger partial charge in [0.1, 0.15) is 6.04 Å². The number of amides is 1. The number of nitrogens with zero attached hydrogens (tertiary/aromatic N) is 3. The van der Waals surface area contributed by atoms with Crippen LogP contribution in [0, 0.1) is 5.92 Å². The van der Waals surface area contributed by atoms with E-state index in [1.807, 2.05) is 12.3 Å². The molecule has 1 N–H and O–H groups in total. The first-order valence-corrected chi connectivity index (χ1v) is 8.23. The van der Waals surface area contributed by atoms with Crippen molar-refractivity contribution >= 4 is 5.91 Å². The van der Waals surface area contributed by atoms with E-state index >= 15 is 0 Å². The molecule has 1 aliphatic carbocycles. The third kappa shape index (κ3) is 3.41. The second-order valence-corrected chi connectivity index (χ2v) is 6.07. The van der Waals surface area contributed by atoms with Crippen LogP contribution >= 0.6 is 0 Å². The second-order valence-electron chi connectivity index (χ2n) is 6.07. The third-order valence-corrected chi connectivity index (χ3v) is 4.46. The van der Waals surface area contributed by atoms with Gasteiger partial charge in [0.05, 0.1) is 0 Å². The summed E-state index contributed by atoms with van der Waals surface area (Å²) in [6, 6.07) is 1.71. The Morgan fingerprint density at radius 2 is 2.22 bits per heavy atom. The fourth-order valence-electron chi connectivity index (χ4n) is 3.29. The molecule has 1 aliphatic rings. The third-order valence-electron chi connectivity index (χ3n) is 4.46. The Balaban J connectivity index is 1.90. The fraction of sp³-hybridized carbons (Fsp3) is 0.529. The number of nitrogens with one attached hydrogen (secondary N) is 1. The van der Waals surface area contributed by atoms with Gasteiger partial charge in [-0.05, 0) is 36.8 Å². The van der Waals surface area contributed by atoms with Crippen LogP contribution in [0.2, 0.25) is 0 Å². The van der Waals surface area contributed by atoms with Gasteiger partial charge in [0.15, 0.2) is 0 Å². The summed E-state index contributed by atoms with van der Waals surface area (Å²) in [6.07, 6.45) is 8.94. The van der Waals surface area contributed by atoms with E-state index in [0.29, 0.717) is 17.6 Å². The van der Waals surface area contributed by atoms with Crippen molar-refractivity contribution in [2.24, 2.45) is 5.92 Å². The Morgan fingerprint density at radius 1 is 1.43 bits per heavy atom. The maximum atomic E-state index is 11.6. The van der Waals surface area contributed by atoms with Crippen molar-refractivity contribution in [3.63, 3.8) is 0 Å². The molecule has 2 aromatic heterocycles. The highest BCUT2D eigenvalue weighted by atomic mass is 16.5. The minimum absolute atomic E-state index is 0.0696. The van der Waals surface area contributed by atoms with Crippen molar-refractivity contribution in [1.82, 2.24) is 20.4 Å². The molecule has 1 atom stereocenters. The van der Waals surface area contributed by atoms with Crippen molar-refractivity contribution in [3.05, 3.63) is 29.9 Å². The highest BCUT2D eigenvalue weighted by Crippen LogP contribution is 2.35. The van der Waals surface area contributed by atoms with E-state index < -0.39 is 0 Å². The fourth-order valence-corrected chi connectivity index (χ4v) is 3.29. The molecule has 122 valence electrons. The number of carbonyl (C=O) groups excluding carboxylic acids is 1. The molecule has 2 aromatic rings. The van der Waals surface area contributed by atoms with Crippen molar-refractivity contribution < 1.29 is 9.32 Å². The van der Waals surface area contributed by atoms with E-state index in [-0.39, 0.29) is 11.9 Å². The van der Waals surface area contributed by atoms with E-state index in [1.54, 1.807) is 6.20 Å². The molecule has 1 saturated carbocycles. The van der Waals surface area contributed by atoms with Gasteiger partial charge in [-0.2, -0.15) is 4.98 Å². The number of carbonyl (C=O) groups is 1. The number of hydrogen-bond donors (Lipinski definition) is 1. The Labute approximate surface area is 135 Å². The zero-order valence-corrected chi connectivity index (χ0v) is 13.6. The largest absolute Gasteiger partial charge is 0.344 e. The summed E-state index contributed by atoms with van der Waals surface area (Å²) in [4.78, 5) is 20.3. The molecular formula is C17H22N4O2. The summed E-state index contributed by atoms with van der Waals surface area (Å²) < 4.78 is 5.50. The first-order valence-electron chi connectivity index (χ1n) is 8.23. The first kappa shape index (κ1) is 15.6. The van der Waals surface area contributed by atoms with Crippen LogP contribution in [0.5, 0.6) is 0 Å². The molecule has 0 radical (unpaired) electrons. The number of hydrogen-bond acceptors (Lipinski definition) is 5. The number of pyridine rings is 1.